The molecule has 1 atom stereocenters. The molecule has 0 spiro atoms. The average molecular weight is 482 g/mol. The molecule has 35 heavy (non-hydrogen) atoms. The zero-order chi connectivity index (χ0) is 25.0. The van der Waals surface area contributed by atoms with Crippen LogP contribution < -0.4 is 15.4 Å². The van der Waals surface area contributed by atoms with E-state index in [0.29, 0.717) is 63.2 Å². The third kappa shape index (κ3) is 7.82. The molecule has 1 saturated heterocycles. The minimum absolute atomic E-state index is 0.0714. The van der Waals surface area contributed by atoms with Gasteiger partial charge in [0, 0.05) is 38.7 Å². The van der Waals surface area contributed by atoms with Gasteiger partial charge in [-0.1, -0.05) is 30.3 Å². The van der Waals surface area contributed by atoms with Crippen molar-refractivity contribution in [3.63, 3.8) is 0 Å². The van der Waals surface area contributed by atoms with Crippen molar-refractivity contribution < 1.29 is 23.9 Å². The number of carbonyl (C=O) groups is 3. The molecule has 0 aliphatic carbocycles. The number of carbonyl (C=O) groups excluding carboxylic acids is 3. The highest BCUT2D eigenvalue weighted by Gasteiger charge is 2.33. The van der Waals surface area contributed by atoms with Gasteiger partial charge < -0.3 is 25.0 Å². The molecule has 8 nitrogen and oxygen atoms in total. The number of hydrogen-bond acceptors (Lipinski definition) is 5. The number of nitrogens with zero attached hydrogens (tertiary/aromatic N) is 1. The lowest BCUT2D eigenvalue weighted by Crippen LogP contribution is -2.54. The topological polar surface area (TPSA) is 97.0 Å². The van der Waals surface area contributed by atoms with Crippen LogP contribution in [0.2, 0.25) is 0 Å². The van der Waals surface area contributed by atoms with Gasteiger partial charge in [-0.25, -0.2) is 0 Å². The van der Waals surface area contributed by atoms with Gasteiger partial charge in [-0.15, -0.1) is 0 Å². The lowest BCUT2D eigenvalue weighted by Gasteiger charge is -2.36. The molecule has 8 heteroatoms. The second-order valence-corrected chi connectivity index (χ2v) is 8.67. The monoisotopic (exact) mass is 481 g/mol. The van der Waals surface area contributed by atoms with Crippen molar-refractivity contribution in [1.82, 2.24) is 15.5 Å². The van der Waals surface area contributed by atoms with Gasteiger partial charge in [0.1, 0.15) is 11.8 Å². The van der Waals surface area contributed by atoms with Crippen molar-refractivity contribution >= 4 is 17.7 Å². The van der Waals surface area contributed by atoms with Crippen LogP contribution in [0.15, 0.2) is 54.6 Å². The van der Waals surface area contributed by atoms with E-state index in [9.17, 15) is 14.4 Å². The zero-order valence-electron chi connectivity index (χ0n) is 20.5. The molecule has 0 radical (unpaired) electrons. The van der Waals surface area contributed by atoms with Crippen LogP contribution in [0.4, 0.5) is 0 Å². The van der Waals surface area contributed by atoms with Crippen LogP contribution in [0.1, 0.15) is 35.2 Å². The molecule has 1 aliphatic heterocycles. The summed E-state index contributed by atoms with van der Waals surface area (Å²) in [7, 11) is 3.13. The van der Waals surface area contributed by atoms with Gasteiger partial charge in [0.25, 0.3) is 5.91 Å². The smallest absolute Gasteiger partial charge is 0.251 e. The van der Waals surface area contributed by atoms with Crippen LogP contribution in [0.25, 0.3) is 0 Å². The first-order chi connectivity index (χ1) is 17.0. The SMILES string of the molecule is COCCNC(=O)C(NC(=O)c1ccc(OC)cc1)C1CCN(C(=O)CCc2ccccc2)CC1. The Morgan fingerprint density at radius 2 is 1.69 bits per heavy atom. The van der Waals surface area contributed by atoms with Gasteiger partial charge in [-0.3, -0.25) is 14.4 Å². The minimum Gasteiger partial charge on any atom is -0.497 e. The second-order valence-electron chi connectivity index (χ2n) is 8.67. The number of rotatable bonds is 11. The molecule has 2 aromatic carbocycles. The Bertz CT molecular complexity index is 957. The molecule has 1 aliphatic rings. The van der Waals surface area contributed by atoms with E-state index in [1.807, 2.05) is 35.2 Å². The summed E-state index contributed by atoms with van der Waals surface area (Å²) in [6.07, 6.45) is 2.45. The van der Waals surface area contributed by atoms with E-state index in [1.165, 1.54) is 0 Å². The van der Waals surface area contributed by atoms with Gasteiger partial charge in [0.2, 0.25) is 11.8 Å². The predicted octanol–water partition coefficient (Wildman–Crippen LogP) is 2.43. The third-order valence-electron chi connectivity index (χ3n) is 6.36. The summed E-state index contributed by atoms with van der Waals surface area (Å²) in [6, 6.07) is 16.0. The molecule has 3 amide bonds. The Labute approximate surface area is 207 Å². The Kier molecular flexibility index (Phi) is 10.1. The maximum Gasteiger partial charge on any atom is 0.251 e. The lowest BCUT2D eigenvalue weighted by atomic mass is 9.88. The van der Waals surface area contributed by atoms with Crippen LogP contribution in [-0.4, -0.2) is 69.1 Å². The molecule has 2 N–H and O–H groups in total. The van der Waals surface area contributed by atoms with Gasteiger partial charge in [-0.2, -0.15) is 0 Å². The van der Waals surface area contributed by atoms with Gasteiger partial charge in [0.15, 0.2) is 0 Å². The molecule has 0 bridgehead atoms. The zero-order valence-corrected chi connectivity index (χ0v) is 20.5. The van der Waals surface area contributed by atoms with E-state index in [1.54, 1.807) is 38.5 Å². The van der Waals surface area contributed by atoms with Crippen molar-refractivity contribution in [3.05, 3.63) is 65.7 Å². The number of methoxy groups -OCH3 is 2. The van der Waals surface area contributed by atoms with E-state index in [4.69, 9.17) is 9.47 Å². The Hall–Kier alpha value is -3.39. The molecule has 0 aromatic heterocycles. The van der Waals surface area contributed by atoms with Gasteiger partial charge in [-0.05, 0) is 55.0 Å². The van der Waals surface area contributed by atoms with Crippen molar-refractivity contribution in [2.75, 3.05) is 40.5 Å². The quantitative estimate of drug-likeness (QED) is 0.481. The highest BCUT2D eigenvalue weighted by Crippen LogP contribution is 2.23. The molecule has 1 unspecified atom stereocenters. The minimum atomic E-state index is -0.692. The molecule has 2 aromatic rings. The van der Waals surface area contributed by atoms with E-state index in [-0.39, 0.29) is 23.6 Å². The van der Waals surface area contributed by atoms with Gasteiger partial charge >= 0.3 is 0 Å². The number of likely N-dealkylation sites (tertiary alicyclic amines) is 1. The maximum atomic E-state index is 13.0. The highest BCUT2D eigenvalue weighted by atomic mass is 16.5. The number of amides is 3. The van der Waals surface area contributed by atoms with Crippen LogP contribution >= 0.6 is 0 Å². The Morgan fingerprint density at radius 3 is 2.31 bits per heavy atom. The van der Waals surface area contributed by atoms with Crippen molar-refractivity contribution in [2.45, 2.75) is 31.7 Å². The molecule has 1 heterocycles. The van der Waals surface area contributed by atoms with Crippen LogP contribution in [0, 0.1) is 5.92 Å². The fourth-order valence-corrected chi connectivity index (χ4v) is 4.29. The number of hydrogen-bond donors (Lipinski definition) is 2. The van der Waals surface area contributed by atoms with Gasteiger partial charge in [0.05, 0.1) is 13.7 Å². The summed E-state index contributed by atoms with van der Waals surface area (Å²) in [5, 5.41) is 5.77. The van der Waals surface area contributed by atoms with E-state index in [0.717, 1.165) is 5.56 Å². The number of benzene rings is 2. The summed E-state index contributed by atoms with van der Waals surface area (Å²) < 4.78 is 10.2. The van der Waals surface area contributed by atoms with Crippen LogP contribution in [0.3, 0.4) is 0 Å². The standard InChI is InChI=1S/C27H35N3O5/c1-34-19-16-28-27(33)25(29-26(32)22-9-11-23(35-2)12-10-22)21-14-17-30(18-15-21)24(31)13-8-20-6-4-3-5-7-20/h3-7,9-12,21,25H,8,13-19H2,1-2H3,(H,28,33)(H,29,32). The Balaban J connectivity index is 1.59. The molecular formula is C27H35N3O5. The van der Waals surface area contributed by atoms with E-state index >= 15 is 0 Å². The first kappa shape index (κ1) is 26.2. The van der Waals surface area contributed by atoms with Crippen molar-refractivity contribution in [1.29, 1.82) is 0 Å². The second kappa shape index (κ2) is 13.5. The van der Waals surface area contributed by atoms with Crippen molar-refractivity contribution in [3.8, 4) is 5.75 Å². The number of piperidine rings is 1. The average Bonchev–Trinajstić information content (AvgIpc) is 2.91. The molecule has 3 rings (SSSR count). The lowest BCUT2D eigenvalue weighted by molar-refractivity contribution is -0.133. The summed E-state index contributed by atoms with van der Waals surface area (Å²) in [5.74, 6) is 0.145. The third-order valence-corrected chi connectivity index (χ3v) is 6.36. The fraction of sp³-hybridized carbons (Fsp3) is 0.444. The normalized spacial score (nSPS) is 14.7. The number of ether oxygens (including phenoxy) is 2. The predicted molar refractivity (Wildman–Crippen MR) is 133 cm³/mol. The fourth-order valence-electron chi connectivity index (χ4n) is 4.29. The van der Waals surface area contributed by atoms with E-state index < -0.39 is 6.04 Å². The molecule has 188 valence electrons. The van der Waals surface area contributed by atoms with E-state index in [2.05, 4.69) is 10.6 Å². The summed E-state index contributed by atoms with van der Waals surface area (Å²) >= 11 is 0. The number of nitrogens with one attached hydrogen (secondary N) is 2. The van der Waals surface area contributed by atoms with Crippen LogP contribution in [-0.2, 0) is 20.7 Å². The Morgan fingerprint density at radius 1 is 1.00 bits per heavy atom. The molecular weight excluding hydrogens is 446 g/mol. The summed E-state index contributed by atoms with van der Waals surface area (Å²) in [4.78, 5) is 40.5. The summed E-state index contributed by atoms with van der Waals surface area (Å²) in [6.45, 7) is 1.89. The largest absolute Gasteiger partial charge is 0.497 e. The first-order valence-corrected chi connectivity index (χ1v) is 12.0. The molecule has 1 fully saturated rings. The highest BCUT2D eigenvalue weighted by molar-refractivity contribution is 5.97. The van der Waals surface area contributed by atoms with Crippen molar-refractivity contribution in [2.24, 2.45) is 5.92 Å². The number of aryl methyl sites for hydroxylation is 1. The summed E-state index contributed by atoms with van der Waals surface area (Å²) in [5.41, 5.74) is 1.60. The first-order valence-electron chi connectivity index (χ1n) is 12.0. The maximum absolute atomic E-state index is 13.0. The van der Waals surface area contributed by atoms with Crippen LogP contribution in [0.5, 0.6) is 5.75 Å². The molecule has 0 saturated carbocycles.